The van der Waals surface area contributed by atoms with Gasteiger partial charge in [0.2, 0.25) is 5.71 Å². The highest BCUT2D eigenvalue weighted by atomic mass is 16.3. The van der Waals surface area contributed by atoms with E-state index < -0.39 is 0 Å². The van der Waals surface area contributed by atoms with Crippen LogP contribution in [0.1, 0.15) is 0 Å². The molecule has 0 fully saturated rings. The van der Waals surface area contributed by atoms with Gasteiger partial charge in [-0.15, -0.1) is 0 Å². The topological polar surface area (TPSA) is 29.3 Å². The maximum atomic E-state index is 6.10. The van der Waals surface area contributed by atoms with Crippen LogP contribution in [0.4, 0.5) is 17.1 Å². The van der Waals surface area contributed by atoms with Gasteiger partial charge in [-0.3, -0.25) is 0 Å². The van der Waals surface area contributed by atoms with Crippen LogP contribution in [0.3, 0.4) is 0 Å². The first-order valence-corrected chi connectivity index (χ1v) is 17.6. The lowest BCUT2D eigenvalue weighted by atomic mass is 10.00. The summed E-state index contributed by atoms with van der Waals surface area (Å²) in [4.78, 5) is 7.22. The number of para-hydroxylation sites is 1. The van der Waals surface area contributed by atoms with E-state index in [9.17, 15) is 0 Å². The number of nitrogens with zero attached hydrogens (tertiary/aromatic N) is 2. The second kappa shape index (κ2) is 12.4. The van der Waals surface area contributed by atoms with E-state index in [1.54, 1.807) is 0 Å². The maximum Gasteiger partial charge on any atom is 0.227 e. The predicted octanol–water partition coefficient (Wildman–Crippen LogP) is 13.8. The first-order valence-electron chi connectivity index (χ1n) is 17.6. The number of benzene rings is 8. The van der Waals surface area contributed by atoms with Gasteiger partial charge in [0.25, 0.3) is 0 Å². The van der Waals surface area contributed by atoms with E-state index in [2.05, 4.69) is 181 Å². The van der Waals surface area contributed by atoms with Crippen LogP contribution >= 0.6 is 0 Å². The molecule has 0 bridgehead atoms. The summed E-state index contributed by atoms with van der Waals surface area (Å²) in [6, 6.07) is 69.0. The second-order valence-electron chi connectivity index (χ2n) is 13.2. The monoisotopic (exact) mass is 664 g/mol. The number of aromatic nitrogens is 1. The SMILES string of the molecule is c1ccc2cc(-c3ccc(N(c4ccc(-c5ccc6ccccc6c5)cc4)c4ccc(-c5ccc6c(n5)oc5ccccc56)cc4)cc3)ccc2c1. The Morgan fingerprint density at radius 3 is 1.37 bits per heavy atom. The van der Waals surface area contributed by atoms with Crippen LogP contribution in [0.2, 0.25) is 0 Å². The van der Waals surface area contributed by atoms with Crippen molar-refractivity contribution < 1.29 is 4.42 Å². The average molecular weight is 665 g/mol. The molecule has 3 nitrogen and oxygen atoms in total. The van der Waals surface area contributed by atoms with Crippen molar-refractivity contribution in [1.29, 1.82) is 0 Å². The first kappa shape index (κ1) is 29.9. The van der Waals surface area contributed by atoms with Crippen molar-refractivity contribution in [3.05, 3.63) is 194 Å². The van der Waals surface area contributed by atoms with E-state index in [0.717, 1.165) is 44.7 Å². The fourth-order valence-corrected chi connectivity index (χ4v) is 7.34. The molecule has 0 amide bonds. The van der Waals surface area contributed by atoms with Crippen molar-refractivity contribution in [3.8, 4) is 33.5 Å². The number of furan rings is 1. The first-order chi connectivity index (χ1) is 25.7. The third-order valence-corrected chi connectivity index (χ3v) is 10.1. The van der Waals surface area contributed by atoms with Crippen LogP contribution in [-0.2, 0) is 0 Å². The van der Waals surface area contributed by atoms with E-state index >= 15 is 0 Å². The number of hydrogen-bond donors (Lipinski definition) is 0. The van der Waals surface area contributed by atoms with Gasteiger partial charge in [-0.2, -0.15) is 0 Å². The average Bonchev–Trinajstić information content (AvgIpc) is 3.59. The smallest absolute Gasteiger partial charge is 0.227 e. The van der Waals surface area contributed by atoms with Gasteiger partial charge in [0, 0.05) is 33.4 Å². The molecule has 0 saturated heterocycles. The standard InChI is InChI=1S/C49H32N2O/c1-3-9-38-31-40(15-13-33(38)7-1)35-17-23-42(24-18-35)51(43-25-19-36(20-26-43)41-16-14-34-8-2-4-10-39(34)32-41)44-27-21-37(22-28-44)47-30-29-46-45-11-5-6-12-48(45)52-49(46)50-47/h1-32H. The van der Waals surface area contributed by atoms with Gasteiger partial charge in [-0.05, 0) is 111 Å². The molecule has 0 spiro atoms. The van der Waals surface area contributed by atoms with Crippen LogP contribution in [0, 0.1) is 0 Å². The molecule has 0 aliphatic rings. The summed E-state index contributed by atoms with van der Waals surface area (Å²) in [5.74, 6) is 0. The van der Waals surface area contributed by atoms with E-state index in [-0.39, 0.29) is 0 Å². The molecule has 2 aromatic heterocycles. The summed E-state index contributed by atoms with van der Waals surface area (Å²) in [7, 11) is 0. The molecule has 0 unspecified atom stereocenters. The highest BCUT2D eigenvalue weighted by Crippen LogP contribution is 2.38. The molecule has 8 aromatic carbocycles. The van der Waals surface area contributed by atoms with Gasteiger partial charge in [0.1, 0.15) is 5.58 Å². The normalized spacial score (nSPS) is 11.5. The number of rotatable bonds is 6. The molecule has 0 aliphatic heterocycles. The Morgan fingerprint density at radius 2 is 0.808 bits per heavy atom. The summed E-state index contributed by atoms with van der Waals surface area (Å²) in [6.07, 6.45) is 0. The molecule has 0 N–H and O–H groups in total. The Labute approximate surface area is 301 Å². The quantitative estimate of drug-likeness (QED) is 0.177. The fourth-order valence-electron chi connectivity index (χ4n) is 7.34. The Balaban J connectivity index is 1.02. The molecule has 244 valence electrons. The van der Waals surface area contributed by atoms with Crippen LogP contribution in [0.15, 0.2) is 199 Å². The molecule has 0 atom stereocenters. The third-order valence-electron chi connectivity index (χ3n) is 10.1. The number of fused-ring (bicyclic) bond motifs is 5. The lowest BCUT2D eigenvalue weighted by Crippen LogP contribution is -2.09. The minimum absolute atomic E-state index is 0.655. The highest BCUT2D eigenvalue weighted by Gasteiger charge is 2.15. The molecular formula is C49H32N2O. The van der Waals surface area contributed by atoms with E-state index in [0.29, 0.717) is 5.71 Å². The summed E-state index contributed by atoms with van der Waals surface area (Å²) in [5.41, 5.74) is 11.4. The van der Waals surface area contributed by atoms with Gasteiger partial charge in [0.15, 0.2) is 0 Å². The largest absolute Gasteiger partial charge is 0.438 e. The van der Waals surface area contributed by atoms with E-state index in [1.807, 2.05) is 18.2 Å². The molecule has 10 aromatic rings. The minimum Gasteiger partial charge on any atom is -0.438 e. The van der Waals surface area contributed by atoms with Crippen molar-refractivity contribution in [1.82, 2.24) is 4.98 Å². The number of hydrogen-bond acceptors (Lipinski definition) is 3. The molecule has 52 heavy (non-hydrogen) atoms. The zero-order valence-corrected chi connectivity index (χ0v) is 28.3. The summed E-state index contributed by atoms with van der Waals surface area (Å²) >= 11 is 0. The molecule has 0 aliphatic carbocycles. The fraction of sp³-hybridized carbons (Fsp3) is 0. The lowest BCUT2D eigenvalue weighted by Gasteiger charge is -2.26. The highest BCUT2D eigenvalue weighted by molar-refractivity contribution is 6.04. The zero-order valence-electron chi connectivity index (χ0n) is 28.3. The van der Waals surface area contributed by atoms with Crippen molar-refractivity contribution in [2.24, 2.45) is 0 Å². The number of anilines is 3. The second-order valence-corrected chi connectivity index (χ2v) is 13.2. The Hall–Kier alpha value is -6.97. The maximum absolute atomic E-state index is 6.10. The van der Waals surface area contributed by atoms with Gasteiger partial charge < -0.3 is 9.32 Å². The molecular weight excluding hydrogens is 633 g/mol. The van der Waals surface area contributed by atoms with Crippen LogP contribution in [-0.4, -0.2) is 4.98 Å². The van der Waals surface area contributed by atoms with Crippen molar-refractivity contribution in [2.45, 2.75) is 0 Å². The Kier molecular flexibility index (Phi) is 7.14. The summed E-state index contributed by atoms with van der Waals surface area (Å²) in [6.45, 7) is 0. The number of pyridine rings is 1. The van der Waals surface area contributed by atoms with E-state index in [4.69, 9.17) is 9.40 Å². The molecule has 10 rings (SSSR count). The van der Waals surface area contributed by atoms with Crippen molar-refractivity contribution in [3.63, 3.8) is 0 Å². The van der Waals surface area contributed by atoms with Gasteiger partial charge >= 0.3 is 0 Å². The molecule has 0 saturated carbocycles. The summed E-state index contributed by atoms with van der Waals surface area (Å²) < 4.78 is 6.10. The van der Waals surface area contributed by atoms with Crippen LogP contribution in [0.5, 0.6) is 0 Å². The zero-order chi connectivity index (χ0) is 34.4. The minimum atomic E-state index is 0.655. The van der Waals surface area contributed by atoms with Crippen LogP contribution < -0.4 is 4.90 Å². The van der Waals surface area contributed by atoms with Crippen LogP contribution in [0.25, 0.3) is 77.1 Å². The van der Waals surface area contributed by atoms with Gasteiger partial charge in [-0.1, -0.05) is 127 Å². The molecule has 2 heterocycles. The van der Waals surface area contributed by atoms with Crippen molar-refractivity contribution in [2.75, 3.05) is 4.90 Å². The predicted molar refractivity (Wildman–Crippen MR) is 218 cm³/mol. The molecule has 3 heteroatoms. The molecule has 0 radical (unpaired) electrons. The summed E-state index contributed by atoms with van der Waals surface area (Å²) in [5, 5.41) is 7.09. The Morgan fingerprint density at radius 1 is 0.346 bits per heavy atom. The van der Waals surface area contributed by atoms with Crippen molar-refractivity contribution >= 4 is 60.7 Å². The Bertz CT molecular complexity index is 2760. The van der Waals surface area contributed by atoms with Gasteiger partial charge in [-0.25, -0.2) is 4.98 Å². The van der Waals surface area contributed by atoms with E-state index in [1.165, 1.54) is 43.8 Å². The lowest BCUT2D eigenvalue weighted by molar-refractivity contribution is 0.654. The van der Waals surface area contributed by atoms with Gasteiger partial charge in [0.05, 0.1) is 5.69 Å². The third kappa shape index (κ3) is 5.37.